The van der Waals surface area contributed by atoms with E-state index in [9.17, 15) is 27.2 Å². The number of anilines is 1. The first-order chi connectivity index (χ1) is 19.0. The van der Waals surface area contributed by atoms with Gasteiger partial charge in [-0.05, 0) is 48.7 Å². The van der Waals surface area contributed by atoms with Crippen LogP contribution in [0, 0.1) is 5.82 Å². The van der Waals surface area contributed by atoms with Gasteiger partial charge in [0.1, 0.15) is 18.4 Å². The second-order valence-electron chi connectivity index (χ2n) is 9.52. The summed E-state index contributed by atoms with van der Waals surface area (Å²) in [5.74, 6) is -1.71. The zero-order valence-corrected chi connectivity index (χ0v) is 23.7. The van der Waals surface area contributed by atoms with Crippen molar-refractivity contribution in [2.75, 3.05) is 23.7 Å². The van der Waals surface area contributed by atoms with E-state index >= 15 is 0 Å². The molecule has 0 aliphatic heterocycles. The molecule has 3 aromatic carbocycles. The van der Waals surface area contributed by atoms with Gasteiger partial charge in [-0.25, -0.2) is 12.8 Å². The van der Waals surface area contributed by atoms with Crippen LogP contribution in [-0.4, -0.2) is 56.3 Å². The quantitative estimate of drug-likeness (QED) is 0.315. The number of nitrogens with one attached hydrogen (secondary N) is 1. The lowest BCUT2D eigenvalue weighted by Gasteiger charge is -2.33. The van der Waals surface area contributed by atoms with Gasteiger partial charge in [0.15, 0.2) is 5.78 Å². The molecule has 0 saturated carbocycles. The molecule has 40 heavy (non-hydrogen) atoms. The van der Waals surface area contributed by atoms with Crippen LogP contribution in [0.25, 0.3) is 0 Å². The normalized spacial score (nSPS) is 11.9. The molecule has 212 valence electrons. The summed E-state index contributed by atoms with van der Waals surface area (Å²) in [7, 11) is -3.96. The first kappa shape index (κ1) is 30.5. The highest BCUT2D eigenvalue weighted by Crippen LogP contribution is 2.22. The van der Waals surface area contributed by atoms with Gasteiger partial charge >= 0.3 is 0 Å². The van der Waals surface area contributed by atoms with Crippen LogP contribution in [0.1, 0.15) is 41.8 Å². The van der Waals surface area contributed by atoms with E-state index in [-0.39, 0.29) is 30.3 Å². The molecule has 1 N–H and O–H groups in total. The number of benzene rings is 3. The largest absolute Gasteiger partial charge is 0.354 e. The van der Waals surface area contributed by atoms with Crippen molar-refractivity contribution in [1.29, 1.82) is 0 Å². The fraction of sp³-hybridized carbons (Fsp3) is 0.300. The van der Waals surface area contributed by atoms with Crippen LogP contribution in [0.15, 0.2) is 78.9 Å². The second-order valence-corrected chi connectivity index (χ2v) is 11.4. The van der Waals surface area contributed by atoms with Crippen molar-refractivity contribution in [3.8, 4) is 0 Å². The second kappa shape index (κ2) is 13.8. The van der Waals surface area contributed by atoms with E-state index in [4.69, 9.17) is 0 Å². The highest BCUT2D eigenvalue weighted by molar-refractivity contribution is 7.92. The SMILES string of the molecule is CCCNC(=O)C(Cc1ccccc1)N(Cc1ccc(F)cc1)C(=O)CN(c1cccc(C(C)=O)c1)S(C)(=O)=O. The number of hydrogen-bond donors (Lipinski definition) is 1. The van der Waals surface area contributed by atoms with Crippen LogP contribution < -0.4 is 9.62 Å². The molecule has 0 radical (unpaired) electrons. The third-order valence-electron chi connectivity index (χ3n) is 6.31. The Bertz CT molecular complexity index is 1430. The van der Waals surface area contributed by atoms with Gasteiger partial charge in [0.2, 0.25) is 21.8 Å². The fourth-order valence-corrected chi connectivity index (χ4v) is 5.04. The van der Waals surface area contributed by atoms with Gasteiger partial charge in [-0.15, -0.1) is 0 Å². The van der Waals surface area contributed by atoms with Gasteiger partial charge in [0, 0.05) is 25.1 Å². The third-order valence-corrected chi connectivity index (χ3v) is 7.45. The van der Waals surface area contributed by atoms with E-state index in [2.05, 4.69) is 5.32 Å². The number of ketones is 1. The van der Waals surface area contributed by atoms with Crippen LogP contribution in [0.4, 0.5) is 10.1 Å². The molecule has 0 saturated heterocycles. The highest BCUT2D eigenvalue weighted by Gasteiger charge is 2.33. The number of nitrogens with zero attached hydrogens (tertiary/aromatic N) is 2. The Hall–Kier alpha value is -4.05. The Kier molecular flexibility index (Phi) is 10.6. The number of halogens is 1. The predicted octanol–water partition coefficient (Wildman–Crippen LogP) is 3.96. The Morgan fingerprint density at radius 3 is 2.20 bits per heavy atom. The molecule has 2 amide bonds. The van der Waals surface area contributed by atoms with Gasteiger partial charge < -0.3 is 10.2 Å². The van der Waals surface area contributed by atoms with Gasteiger partial charge in [-0.2, -0.15) is 0 Å². The van der Waals surface area contributed by atoms with Gasteiger partial charge in [0.05, 0.1) is 11.9 Å². The highest BCUT2D eigenvalue weighted by atomic mass is 32.2. The first-order valence-electron chi connectivity index (χ1n) is 12.9. The average Bonchev–Trinajstić information content (AvgIpc) is 2.93. The molecular weight excluding hydrogens is 533 g/mol. The number of carbonyl (C=O) groups excluding carboxylic acids is 3. The predicted molar refractivity (Wildman–Crippen MR) is 153 cm³/mol. The van der Waals surface area contributed by atoms with E-state index < -0.39 is 34.3 Å². The molecule has 0 aromatic heterocycles. The van der Waals surface area contributed by atoms with Crippen molar-refractivity contribution in [2.45, 2.75) is 39.3 Å². The van der Waals surface area contributed by atoms with Crippen LogP contribution >= 0.6 is 0 Å². The van der Waals surface area contributed by atoms with Crippen LogP contribution in [0.5, 0.6) is 0 Å². The number of Topliss-reactive ketones (excluding diaryl/α,β-unsaturated/α-hetero) is 1. The maximum Gasteiger partial charge on any atom is 0.244 e. The zero-order valence-electron chi connectivity index (χ0n) is 22.8. The lowest BCUT2D eigenvalue weighted by molar-refractivity contribution is -0.140. The van der Waals surface area contributed by atoms with Crippen LogP contribution in [-0.2, 0) is 32.6 Å². The molecule has 3 aromatic rings. The molecular formula is C30H34FN3O5S. The van der Waals surface area contributed by atoms with Gasteiger partial charge in [-0.3, -0.25) is 18.7 Å². The summed E-state index contributed by atoms with van der Waals surface area (Å²) in [5, 5.41) is 2.86. The van der Waals surface area contributed by atoms with Crippen LogP contribution in [0.3, 0.4) is 0 Å². The fourth-order valence-electron chi connectivity index (χ4n) is 4.20. The molecule has 3 rings (SSSR count). The van der Waals surface area contributed by atoms with E-state index in [1.54, 1.807) is 12.1 Å². The summed E-state index contributed by atoms with van der Waals surface area (Å²) in [6.45, 7) is 3.01. The molecule has 0 fully saturated rings. The maximum atomic E-state index is 14.0. The standard InChI is InChI=1S/C30H34FN3O5S/c1-4-17-32-30(37)28(18-23-9-6-5-7-10-23)33(20-24-13-15-26(31)16-14-24)29(36)21-34(40(3,38)39)27-12-8-11-25(19-27)22(2)35/h5-16,19,28H,4,17-18,20-21H2,1-3H3,(H,32,37). The first-order valence-corrected chi connectivity index (χ1v) is 14.8. The molecule has 8 nitrogen and oxygen atoms in total. The van der Waals surface area contributed by atoms with Gasteiger partial charge in [-0.1, -0.05) is 61.5 Å². The van der Waals surface area contributed by atoms with Crippen molar-refractivity contribution in [2.24, 2.45) is 0 Å². The van der Waals surface area contributed by atoms with E-state index in [0.29, 0.717) is 24.1 Å². The van der Waals surface area contributed by atoms with Crippen molar-refractivity contribution >= 4 is 33.3 Å². The van der Waals surface area contributed by atoms with Crippen LogP contribution in [0.2, 0.25) is 0 Å². The maximum absolute atomic E-state index is 14.0. The monoisotopic (exact) mass is 567 g/mol. The van der Waals surface area contributed by atoms with E-state index in [1.165, 1.54) is 48.2 Å². The lowest BCUT2D eigenvalue weighted by Crippen LogP contribution is -2.53. The Morgan fingerprint density at radius 1 is 0.925 bits per heavy atom. The summed E-state index contributed by atoms with van der Waals surface area (Å²) in [4.78, 5) is 40.7. The van der Waals surface area contributed by atoms with Crippen molar-refractivity contribution in [3.05, 3.63) is 101 Å². The number of sulfonamides is 1. The number of hydrogen-bond acceptors (Lipinski definition) is 5. The average molecular weight is 568 g/mol. The molecule has 1 unspecified atom stereocenters. The Balaban J connectivity index is 2.05. The summed E-state index contributed by atoms with van der Waals surface area (Å²) in [6, 6.07) is 19.8. The summed E-state index contributed by atoms with van der Waals surface area (Å²) >= 11 is 0. The molecule has 0 spiro atoms. The smallest absolute Gasteiger partial charge is 0.244 e. The minimum absolute atomic E-state index is 0.0543. The molecule has 0 aliphatic rings. The molecule has 0 heterocycles. The Labute approximate surface area is 234 Å². The van der Waals surface area contributed by atoms with Gasteiger partial charge in [0.25, 0.3) is 0 Å². The van der Waals surface area contributed by atoms with E-state index in [0.717, 1.165) is 16.1 Å². The summed E-state index contributed by atoms with van der Waals surface area (Å²) in [6.07, 6.45) is 1.84. The molecule has 0 bridgehead atoms. The molecule has 10 heteroatoms. The lowest BCUT2D eigenvalue weighted by atomic mass is 10.0. The Morgan fingerprint density at radius 2 is 1.60 bits per heavy atom. The third kappa shape index (κ3) is 8.47. The number of rotatable bonds is 13. The number of amides is 2. The van der Waals surface area contributed by atoms with Crippen molar-refractivity contribution in [3.63, 3.8) is 0 Å². The summed E-state index contributed by atoms with van der Waals surface area (Å²) in [5.41, 5.74) is 1.83. The topological polar surface area (TPSA) is 104 Å². The molecule has 0 aliphatic carbocycles. The zero-order chi connectivity index (χ0) is 29.3. The summed E-state index contributed by atoms with van der Waals surface area (Å²) < 4.78 is 40.3. The molecule has 1 atom stereocenters. The minimum atomic E-state index is -3.96. The number of carbonyl (C=O) groups is 3. The minimum Gasteiger partial charge on any atom is -0.354 e. The van der Waals surface area contributed by atoms with Crippen molar-refractivity contribution < 1.29 is 27.2 Å². The van der Waals surface area contributed by atoms with E-state index in [1.807, 2.05) is 37.3 Å². The van der Waals surface area contributed by atoms with Crippen molar-refractivity contribution in [1.82, 2.24) is 10.2 Å².